The molecule has 0 spiro atoms. The molecule has 7 nitrogen and oxygen atoms in total. The Morgan fingerprint density at radius 1 is 1.08 bits per heavy atom. The number of sulfonamides is 1. The highest BCUT2D eigenvalue weighted by atomic mass is 32.2. The molecule has 1 heterocycles. The molecule has 0 radical (unpaired) electrons. The summed E-state index contributed by atoms with van der Waals surface area (Å²) in [6.45, 7) is 1.84. The number of carbonyl (C=O) groups excluding carboxylic acids is 1. The zero-order valence-electron chi connectivity index (χ0n) is 14.1. The van der Waals surface area contributed by atoms with Crippen molar-refractivity contribution in [2.45, 2.75) is 17.4 Å². The van der Waals surface area contributed by atoms with Crippen molar-refractivity contribution in [3.05, 3.63) is 54.6 Å². The molecule has 1 fully saturated rings. The SMILES string of the molecule is O=C(CC1COCCN1)Nc1ccccc1NS(=O)(=O)c1ccccc1. The molecule has 1 amide bonds. The normalized spacial score (nSPS) is 17.5. The van der Waals surface area contributed by atoms with Crippen molar-refractivity contribution >= 4 is 27.3 Å². The van der Waals surface area contributed by atoms with Gasteiger partial charge in [-0.25, -0.2) is 8.42 Å². The number of para-hydroxylation sites is 2. The van der Waals surface area contributed by atoms with Gasteiger partial charge in [-0.15, -0.1) is 0 Å². The summed E-state index contributed by atoms with van der Waals surface area (Å²) in [5, 5.41) is 5.98. The molecule has 26 heavy (non-hydrogen) atoms. The second kappa shape index (κ2) is 8.31. The summed E-state index contributed by atoms with van der Waals surface area (Å²) < 4.78 is 32.9. The molecular formula is C18H21N3O4S. The van der Waals surface area contributed by atoms with E-state index in [9.17, 15) is 13.2 Å². The summed E-state index contributed by atoms with van der Waals surface area (Å²) >= 11 is 0. The molecule has 2 aromatic rings. The fraction of sp³-hybridized carbons (Fsp3) is 0.278. The average Bonchev–Trinajstić information content (AvgIpc) is 2.65. The quantitative estimate of drug-likeness (QED) is 0.715. The highest BCUT2D eigenvalue weighted by Gasteiger charge is 2.19. The number of hydrogen-bond acceptors (Lipinski definition) is 5. The van der Waals surface area contributed by atoms with Crippen molar-refractivity contribution < 1.29 is 17.9 Å². The van der Waals surface area contributed by atoms with E-state index in [4.69, 9.17) is 4.74 Å². The predicted molar refractivity (Wildman–Crippen MR) is 99.5 cm³/mol. The summed E-state index contributed by atoms with van der Waals surface area (Å²) in [6, 6.07) is 14.7. The highest BCUT2D eigenvalue weighted by molar-refractivity contribution is 7.92. The Balaban J connectivity index is 1.71. The van der Waals surface area contributed by atoms with Gasteiger partial charge in [0.1, 0.15) is 0 Å². The summed E-state index contributed by atoms with van der Waals surface area (Å²) in [6.07, 6.45) is 0.250. The zero-order chi connectivity index (χ0) is 18.4. The van der Waals surface area contributed by atoms with Crippen molar-refractivity contribution in [1.82, 2.24) is 5.32 Å². The van der Waals surface area contributed by atoms with Crippen LogP contribution in [0.4, 0.5) is 11.4 Å². The van der Waals surface area contributed by atoms with Crippen LogP contribution < -0.4 is 15.4 Å². The monoisotopic (exact) mass is 375 g/mol. The lowest BCUT2D eigenvalue weighted by Gasteiger charge is -2.23. The Morgan fingerprint density at radius 2 is 1.77 bits per heavy atom. The topological polar surface area (TPSA) is 96.5 Å². The number of ether oxygens (including phenoxy) is 1. The Kier molecular flexibility index (Phi) is 5.87. The van der Waals surface area contributed by atoms with Crippen LogP contribution in [0.25, 0.3) is 0 Å². The molecule has 3 N–H and O–H groups in total. The first-order valence-corrected chi connectivity index (χ1v) is 9.81. The van der Waals surface area contributed by atoms with Crippen molar-refractivity contribution in [3.8, 4) is 0 Å². The standard InChI is InChI=1S/C18H21N3O4S/c22-18(12-14-13-25-11-10-19-14)20-16-8-4-5-9-17(16)21-26(23,24)15-6-2-1-3-7-15/h1-9,14,19,21H,10-13H2,(H,20,22). The number of nitrogens with one attached hydrogen (secondary N) is 3. The molecule has 138 valence electrons. The first kappa shape index (κ1) is 18.4. The minimum absolute atomic E-state index is 0.0445. The molecule has 2 aromatic carbocycles. The van der Waals surface area contributed by atoms with Gasteiger partial charge in [-0.2, -0.15) is 0 Å². The van der Waals surface area contributed by atoms with Crippen molar-refractivity contribution in [1.29, 1.82) is 0 Å². The number of hydrogen-bond donors (Lipinski definition) is 3. The van der Waals surface area contributed by atoms with E-state index < -0.39 is 10.0 Å². The van der Waals surface area contributed by atoms with E-state index in [1.807, 2.05) is 0 Å². The van der Waals surface area contributed by atoms with E-state index in [2.05, 4.69) is 15.4 Å². The van der Waals surface area contributed by atoms with E-state index in [0.717, 1.165) is 0 Å². The molecule has 1 aliphatic rings. The third-order valence-corrected chi connectivity index (χ3v) is 5.31. The van der Waals surface area contributed by atoms with Gasteiger partial charge in [0.05, 0.1) is 29.5 Å². The smallest absolute Gasteiger partial charge is 0.261 e. The van der Waals surface area contributed by atoms with Gasteiger partial charge in [0.25, 0.3) is 10.0 Å². The van der Waals surface area contributed by atoms with E-state index >= 15 is 0 Å². The number of anilines is 2. The summed E-state index contributed by atoms with van der Waals surface area (Å²) in [4.78, 5) is 12.4. The lowest BCUT2D eigenvalue weighted by molar-refractivity contribution is -0.117. The van der Waals surface area contributed by atoms with Gasteiger partial charge in [0.15, 0.2) is 0 Å². The van der Waals surface area contributed by atoms with Crippen LogP contribution in [-0.4, -0.2) is 40.1 Å². The maximum Gasteiger partial charge on any atom is 0.261 e. The Labute approximate surface area is 152 Å². The van der Waals surface area contributed by atoms with Crippen molar-refractivity contribution in [2.75, 3.05) is 29.8 Å². The predicted octanol–water partition coefficient (Wildman–Crippen LogP) is 1.80. The zero-order valence-corrected chi connectivity index (χ0v) is 15.0. The van der Waals surface area contributed by atoms with E-state index in [-0.39, 0.29) is 23.3 Å². The van der Waals surface area contributed by atoms with Crippen LogP contribution in [0.2, 0.25) is 0 Å². The minimum Gasteiger partial charge on any atom is -0.378 e. The van der Waals surface area contributed by atoms with Crippen LogP contribution in [0, 0.1) is 0 Å². The molecule has 0 bridgehead atoms. The number of amides is 1. The molecule has 1 saturated heterocycles. The lowest BCUT2D eigenvalue weighted by atomic mass is 10.2. The van der Waals surface area contributed by atoms with Gasteiger partial charge in [-0.1, -0.05) is 30.3 Å². The first-order valence-electron chi connectivity index (χ1n) is 8.32. The molecule has 0 aliphatic carbocycles. The van der Waals surface area contributed by atoms with Crippen molar-refractivity contribution in [2.24, 2.45) is 0 Å². The van der Waals surface area contributed by atoms with Crippen LogP contribution >= 0.6 is 0 Å². The molecule has 3 rings (SSSR count). The van der Waals surface area contributed by atoms with Crippen LogP contribution in [0.5, 0.6) is 0 Å². The average molecular weight is 375 g/mol. The number of morpholine rings is 1. The van der Waals surface area contributed by atoms with Gasteiger partial charge in [0.2, 0.25) is 5.91 Å². The number of carbonyl (C=O) groups is 1. The van der Waals surface area contributed by atoms with Gasteiger partial charge >= 0.3 is 0 Å². The maximum atomic E-state index is 12.5. The Morgan fingerprint density at radius 3 is 2.46 bits per heavy atom. The van der Waals surface area contributed by atoms with Gasteiger partial charge in [-0.05, 0) is 24.3 Å². The van der Waals surface area contributed by atoms with Crippen LogP contribution in [0.15, 0.2) is 59.5 Å². The second-order valence-electron chi connectivity index (χ2n) is 5.94. The van der Waals surface area contributed by atoms with Crippen molar-refractivity contribution in [3.63, 3.8) is 0 Å². The lowest BCUT2D eigenvalue weighted by Crippen LogP contribution is -2.43. The fourth-order valence-electron chi connectivity index (χ4n) is 2.66. The highest BCUT2D eigenvalue weighted by Crippen LogP contribution is 2.24. The number of benzene rings is 2. The molecule has 1 atom stereocenters. The molecule has 0 saturated carbocycles. The van der Waals surface area contributed by atoms with Crippen LogP contribution in [-0.2, 0) is 19.6 Å². The van der Waals surface area contributed by atoms with E-state index in [1.165, 1.54) is 12.1 Å². The summed E-state index contributed by atoms with van der Waals surface area (Å²) in [5.74, 6) is -0.209. The molecular weight excluding hydrogens is 354 g/mol. The second-order valence-corrected chi connectivity index (χ2v) is 7.62. The Hall–Kier alpha value is -2.42. The first-order chi connectivity index (χ1) is 12.5. The van der Waals surface area contributed by atoms with E-state index in [1.54, 1.807) is 42.5 Å². The van der Waals surface area contributed by atoms with Gasteiger partial charge < -0.3 is 15.4 Å². The maximum absolute atomic E-state index is 12.5. The number of rotatable bonds is 6. The third kappa shape index (κ3) is 4.81. The third-order valence-electron chi connectivity index (χ3n) is 3.93. The largest absolute Gasteiger partial charge is 0.378 e. The van der Waals surface area contributed by atoms with E-state index in [0.29, 0.717) is 31.1 Å². The molecule has 8 heteroatoms. The molecule has 0 aromatic heterocycles. The minimum atomic E-state index is -3.73. The van der Waals surface area contributed by atoms with Gasteiger partial charge in [0, 0.05) is 19.0 Å². The molecule has 1 unspecified atom stereocenters. The fourth-order valence-corrected chi connectivity index (χ4v) is 3.76. The Bertz CT molecular complexity index is 850. The summed E-state index contributed by atoms with van der Waals surface area (Å²) in [5.41, 5.74) is 0.728. The molecule has 1 aliphatic heterocycles. The van der Waals surface area contributed by atoms with Crippen LogP contribution in [0.3, 0.4) is 0 Å². The van der Waals surface area contributed by atoms with Crippen LogP contribution in [0.1, 0.15) is 6.42 Å². The van der Waals surface area contributed by atoms with Gasteiger partial charge in [-0.3, -0.25) is 9.52 Å². The summed E-state index contributed by atoms with van der Waals surface area (Å²) in [7, 11) is -3.73.